The number of hydrogen-bond donors (Lipinski definition) is 2. The Morgan fingerprint density at radius 2 is 1.81 bits per heavy atom. The van der Waals surface area contributed by atoms with Crippen molar-refractivity contribution >= 4 is 0 Å². The zero-order valence-corrected chi connectivity index (χ0v) is 10.6. The lowest BCUT2D eigenvalue weighted by atomic mass is 10.1. The molecule has 2 heteroatoms. The van der Waals surface area contributed by atoms with E-state index in [0.29, 0.717) is 5.92 Å². The van der Waals surface area contributed by atoms with E-state index in [9.17, 15) is 0 Å². The molecule has 0 amide bonds. The molecule has 0 saturated heterocycles. The van der Waals surface area contributed by atoms with E-state index in [1.165, 1.54) is 16.7 Å². The van der Waals surface area contributed by atoms with Crippen molar-refractivity contribution in [1.29, 1.82) is 0 Å². The summed E-state index contributed by atoms with van der Waals surface area (Å²) in [6.07, 6.45) is 0.875. The fraction of sp³-hybridized carbons (Fsp3) is 0.571. The first-order valence-corrected chi connectivity index (χ1v) is 6.00. The summed E-state index contributed by atoms with van der Waals surface area (Å²) < 4.78 is 0. The van der Waals surface area contributed by atoms with Gasteiger partial charge in [0.15, 0.2) is 0 Å². The lowest BCUT2D eigenvalue weighted by Crippen LogP contribution is -2.21. The van der Waals surface area contributed by atoms with E-state index in [1.807, 2.05) is 0 Å². The summed E-state index contributed by atoms with van der Waals surface area (Å²) in [5.41, 5.74) is 3.98. The maximum atomic E-state index is 8.80. The van der Waals surface area contributed by atoms with Crippen molar-refractivity contribution in [2.45, 2.75) is 33.7 Å². The van der Waals surface area contributed by atoms with Crippen LogP contribution in [0.5, 0.6) is 0 Å². The normalized spacial score (nSPS) is 12.8. The number of benzene rings is 1. The van der Waals surface area contributed by atoms with Crippen LogP contribution in [0.25, 0.3) is 0 Å². The van der Waals surface area contributed by atoms with Crippen molar-refractivity contribution < 1.29 is 5.11 Å². The molecule has 0 saturated carbocycles. The van der Waals surface area contributed by atoms with Crippen LogP contribution in [0.1, 0.15) is 30.0 Å². The molecule has 0 aromatic heterocycles. The van der Waals surface area contributed by atoms with Gasteiger partial charge in [0.1, 0.15) is 0 Å². The highest BCUT2D eigenvalue weighted by Crippen LogP contribution is 2.08. The van der Waals surface area contributed by atoms with Gasteiger partial charge >= 0.3 is 0 Å². The SMILES string of the molecule is Cc1cc(C)cc(CNCC(C)CCO)c1. The van der Waals surface area contributed by atoms with E-state index >= 15 is 0 Å². The summed E-state index contributed by atoms with van der Waals surface area (Å²) in [5, 5.41) is 12.2. The predicted octanol–water partition coefficient (Wildman–Crippen LogP) is 2.41. The highest BCUT2D eigenvalue weighted by molar-refractivity contribution is 5.28. The number of aliphatic hydroxyl groups excluding tert-OH is 1. The minimum Gasteiger partial charge on any atom is -0.396 e. The maximum absolute atomic E-state index is 8.80. The van der Waals surface area contributed by atoms with Gasteiger partial charge in [-0.1, -0.05) is 36.2 Å². The molecule has 1 aromatic carbocycles. The molecule has 1 atom stereocenters. The van der Waals surface area contributed by atoms with Crippen LogP contribution in [0.15, 0.2) is 18.2 Å². The second kappa shape index (κ2) is 6.66. The third-order valence-electron chi connectivity index (χ3n) is 2.73. The van der Waals surface area contributed by atoms with Gasteiger partial charge in [-0.05, 0) is 38.3 Å². The molecule has 0 heterocycles. The topological polar surface area (TPSA) is 32.3 Å². The van der Waals surface area contributed by atoms with Crippen LogP contribution in [0.4, 0.5) is 0 Å². The molecular formula is C14H23NO. The first-order chi connectivity index (χ1) is 7.61. The number of nitrogens with one attached hydrogen (secondary N) is 1. The average Bonchev–Trinajstić information content (AvgIpc) is 2.16. The third kappa shape index (κ3) is 4.77. The molecular weight excluding hydrogens is 198 g/mol. The minimum atomic E-state index is 0.284. The first kappa shape index (κ1) is 13.2. The fourth-order valence-electron chi connectivity index (χ4n) is 1.96. The van der Waals surface area contributed by atoms with Crippen LogP contribution in [0, 0.1) is 19.8 Å². The van der Waals surface area contributed by atoms with E-state index in [1.54, 1.807) is 0 Å². The molecule has 0 radical (unpaired) electrons. The molecule has 1 aromatic rings. The van der Waals surface area contributed by atoms with Crippen molar-refractivity contribution in [3.8, 4) is 0 Å². The molecule has 1 rings (SSSR count). The Morgan fingerprint density at radius 1 is 1.19 bits per heavy atom. The van der Waals surface area contributed by atoms with Gasteiger partial charge in [-0.3, -0.25) is 0 Å². The van der Waals surface area contributed by atoms with E-state index in [2.05, 4.69) is 44.3 Å². The predicted molar refractivity (Wildman–Crippen MR) is 68.5 cm³/mol. The summed E-state index contributed by atoms with van der Waals surface area (Å²) in [7, 11) is 0. The van der Waals surface area contributed by atoms with Crippen LogP contribution in [-0.4, -0.2) is 18.3 Å². The minimum absolute atomic E-state index is 0.284. The second-order valence-corrected chi connectivity index (χ2v) is 4.74. The Kier molecular flexibility index (Phi) is 5.50. The first-order valence-electron chi connectivity index (χ1n) is 6.00. The Hall–Kier alpha value is -0.860. The third-order valence-corrected chi connectivity index (χ3v) is 2.73. The number of aliphatic hydroxyl groups is 1. The smallest absolute Gasteiger partial charge is 0.0434 e. The lowest BCUT2D eigenvalue weighted by Gasteiger charge is -2.11. The zero-order valence-electron chi connectivity index (χ0n) is 10.6. The Balaban J connectivity index is 2.37. The van der Waals surface area contributed by atoms with E-state index < -0.39 is 0 Å². The van der Waals surface area contributed by atoms with Gasteiger partial charge in [-0.25, -0.2) is 0 Å². The Bertz CT molecular complexity index is 302. The van der Waals surface area contributed by atoms with E-state index in [-0.39, 0.29) is 6.61 Å². The van der Waals surface area contributed by atoms with Crippen LogP contribution in [0.3, 0.4) is 0 Å². The van der Waals surface area contributed by atoms with Crippen LogP contribution in [0.2, 0.25) is 0 Å². The summed E-state index contributed by atoms with van der Waals surface area (Å²) in [6, 6.07) is 6.63. The van der Waals surface area contributed by atoms with Crippen LogP contribution >= 0.6 is 0 Å². The molecule has 2 nitrogen and oxygen atoms in total. The van der Waals surface area contributed by atoms with Gasteiger partial charge in [0.25, 0.3) is 0 Å². The number of aryl methyl sites for hydroxylation is 2. The Morgan fingerprint density at radius 3 is 2.38 bits per heavy atom. The highest BCUT2D eigenvalue weighted by Gasteiger charge is 2.01. The molecule has 0 aliphatic rings. The number of rotatable bonds is 6. The van der Waals surface area contributed by atoms with E-state index in [4.69, 9.17) is 5.11 Å². The second-order valence-electron chi connectivity index (χ2n) is 4.74. The van der Waals surface area contributed by atoms with Crippen molar-refractivity contribution in [2.24, 2.45) is 5.92 Å². The Labute approximate surface area is 98.7 Å². The zero-order chi connectivity index (χ0) is 12.0. The van der Waals surface area contributed by atoms with Crippen molar-refractivity contribution in [1.82, 2.24) is 5.32 Å². The van der Waals surface area contributed by atoms with Gasteiger partial charge in [0, 0.05) is 13.2 Å². The summed E-state index contributed by atoms with van der Waals surface area (Å²) in [5.74, 6) is 0.538. The fourth-order valence-corrected chi connectivity index (χ4v) is 1.96. The van der Waals surface area contributed by atoms with E-state index in [0.717, 1.165) is 19.5 Å². The van der Waals surface area contributed by atoms with Crippen molar-refractivity contribution in [3.63, 3.8) is 0 Å². The summed E-state index contributed by atoms with van der Waals surface area (Å²) in [6.45, 7) is 8.58. The van der Waals surface area contributed by atoms with Gasteiger partial charge in [-0.2, -0.15) is 0 Å². The molecule has 0 fully saturated rings. The van der Waals surface area contributed by atoms with Crippen LogP contribution < -0.4 is 5.32 Å². The van der Waals surface area contributed by atoms with Crippen molar-refractivity contribution in [3.05, 3.63) is 34.9 Å². The standard InChI is InChI=1S/C14H23NO/c1-11(4-5-16)9-15-10-14-7-12(2)6-13(3)8-14/h6-8,11,15-16H,4-5,9-10H2,1-3H3. The molecule has 16 heavy (non-hydrogen) atoms. The maximum Gasteiger partial charge on any atom is 0.0434 e. The molecule has 90 valence electrons. The monoisotopic (exact) mass is 221 g/mol. The molecule has 0 bridgehead atoms. The number of hydrogen-bond acceptors (Lipinski definition) is 2. The molecule has 0 aliphatic heterocycles. The van der Waals surface area contributed by atoms with Crippen molar-refractivity contribution in [2.75, 3.05) is 13.2 Å². The van der Waals surface area contributed by atoms with Crippen LogP contribution in [-0.2, 0) is 6.54 Å². The average molecular weight is 221 g/mol. The molecule has 2 N–H and O–H groups in total. The highest BCUT2D eigenvalue weighted by atomic mass is 16.3. The van der Waals surface area contributed by atoms with Gasteiger partial charge < -0.3 is 10.4 Å². The largest absolute Gasteiger partial charge is 0.396 e. The molecule has 0 spiro atoms. The lowest BCUT2D eigenvalue weighted by molar-refractivity contribution is 0.260. The molecule has 0 aliphatic carbocycles. The van der Waals surface area contributed by atoms with Gasteiger partial charge in [0.05, 0.1) is 0 Å². The quantitative estimate of drug-likeness (QED) is 0.773. The van der Waals surface area contributed by atoms with Gasteiger partial charge in [-0.15, -0.1) is 0 Å². The van der Waals surface area contributed by atoms with Gasteiger partial charge in [0.2, 0.25) is 0 Å². The summed E-state index contributed by atoms with van der Waals surface area (Å²) in [4.78, 5) is 0. The molecule has 1 unspecified atom stereocenters. The summed E-state index contributed by atoms with van der Waals surface area (Å²) >= 11 is 0.